The summed E-state index contributed by atoms with van der Waals surface area (Å²) in [5, 5.41) is 25.2. The lowest BCUT2D eigenvalue weighted by molar-refractivity contribution is -0.384. The predicted molar refractivity (Wildman–Crippen MR) is 121 cm³/mol. The average molecular weight is 455 g/mol. The molecule has 3 N–H and O–H groups in total. The number of methoxy groups -OCH3 is 1. The number of carbonyl (C=O) groups is 3. The first-order valence-electron chi connectivity index (χ1n) is 10.1. The van der Waals surface area contributed by atoms with Crippen LogP contribution in [0.3, 0.4) is 0 Å². The summed E-state index contributed by atoms with van der Waals surface area (Å²) in [7, 11) is 1.49. The van der Waals surface area contributed by atoms with Crippen molar-refractivity contribution in [3.63, 3.8) is 0 Å². The number of nitro benzene ring substituents is 1. The van der Waals surface area contributed by atoms with Crippen LogP contribution >= 0.6 is 0 Å². The second-order valence-corrected chi connectivity index (χ2v) is 7.58. The average Bonchev–Trinajstić information content (AvgIpc) is 2.78. The molecule has 0 spiro atoms. The number of amides is 2. The first-order chi connectivity index (χ1) is 15.6. The van der Waals surface area contributed by atoms with Gasteiger partial charge in [-0.2, -0.15) is 0 Å². The maximum Gasteiger partial charge on any atom is 0.326 e. The Morgan fingerprint density at radius 1 is 1.09 bits per heavy atom. The molecule has 0 unspecified atom stereocenters. The number of non-ortho nitro benzene ring substituents is 1. The van der Waals surface area contributed by atoms with E-state index >= 15 is 0 Å². The maximum absolute atomic E-state index is 12.9. The fourth-order valence-corrected chi connectivity index (χ4v) is 2.88. The van der Waals surface area contributed by atoms with E-state index in [9.17, 15) is 29.6 Å². The van der Waals surface area contributed by atoms with E-state index in [4.69, 9.17) is 4.74 Å². The van der Waals surface area contributed by atoms with Gasteiger partial charge in [-0.15, -0.1) is 0 Å². The Kier molecular flexibility index (Phi) is 8.67. The Morgan fingerprint density at radius 3 is 2.18 bits per heavy atom. The van der Waals surface area contributed by atoms with E-state index < -0.39 is 28.7 Å². The maximum atomic E-state index is 12.9. The summed E-state index contributed by atoms with van der Waals surface area (Å²) < 4.78 is 5.06. The fourth-order valence-electron chi connectivity index (χ4n) is 2.88. The fraction of sp³-hybridized carbons (Fsp3) is 0.261. The van der Waals surface area contributed by atoms with Crippen LogP contribution in [0.15, 0.2) is 54.2 Å². The van der Waals surface area contributed by atoms with Gasteiger partial charge in [0.05, 0.1) is 12.0 Å². The molecule has 0 bridgehead atoms. The molecule has 10 heteroatoms. The van der Waals surface area contributed by atoms with Gasteiger partial charge >= 0.3 is 5.97 Å². The molecule has 0 aliphatic heterocycles. The molecule has 0 saturated heterocycles. The molecule has 2 amide bonds. The molecular formula is C23H25N3O7. The van der Waals surface area contributed by atoms with Crippen molar-refractivity contribution in [1.82, 2.24) is 10.6 Å². The van der Waals surface area contributed by atoms with Crippen LogP contribution in [0.25, 0.3) is 6.08 Å². The van der Waals surface area contributed by atoms with Gasteiger partial charge in [-0.1, -0.05) is 13.8 Å². The molecule has 2 aromatic carbocycles. The third-order valence-corrected chi connectivity index (χ3v) is 4.57. The third-order valence-electron chi connectivity index (χ3n) is 4.57. The highest BCUT2D eigenvalue weighted by molar-refractivity contribution is 6.06. The number of aliphatic carboxylic acids is 1. The lowest BCUT2D eigenvalue weighted by Crippen LogP contribution is -2.45. The van der Waals surface area contributed by atoms with Gasteiger partial charge in [0.25, 0.3) is 17.5 Å². The second-order valence-electron chi connectivity index (χ2n) is 7.58. The van der Waals surface area contributed by atoms with Crippen molar-refractivity contribution >= 4 is 29.5 Å². The van der Waals surface area contributed by atoms with Crippen molar-refractivity contribution in [1.29, 1.82) is 0 Å². The molecule has 0 aliphatic rings. The summed E-state index contributed by atoms with van der Waals surface area (Å²) in [5.74, 6) is -2.06. The van der Waals surface area contributed by atoms with Gasteiger partial charge in [-0.3, -0.25) is 19.7 Å². The Bertz CT molecular complexity index is 1040. The van der Waals surface area contributed by atoms with E-state index in [-0.39, 0.29) is 29.3 Å². The Balaban J connectivity index is 2.34. The van der Waals surface area contributed by atoms with Gasteiger partial charge < -0.3 is 20.5 Å². The van der Waals surface area contributed by atoms with Crippen LogP contribution in [0.4, 0.5) is 5.69 Å². The molecule has 1 atom stereocenters. The Hall–Kier alpha value is -4.21. The smallest absolute Gasteiger partial charge is 0.326 e. The summed E-state index contributed by atoms with van der Waals surface area (Å²) in [6.45, 7) is 3.64. The van der Waals surface area contributed by atoms with E-state index in [0.29, 0.717) is 11.3 Å². The first-order valence-corrected chi connectivity index (χ1v) is 10.1. The number of nitro groups is 1. The zero-order valence-corrected chi connectivity index (χ0v) is 18.4. The zero-order chi connectivity index (χ0) is 24.5. The quantitative estimate of drug-likeness (QED) is 0.283. The van der Waals surface area contributed by atoms with Crippen LogP contribution in [-0.4, -0.2) is 41.0 Å². The van der Waals surface area contributed by atoms with E-state index in [0.717, 1.165) is 0 Å². The van der Waals surface area contributed by atoms with Crippen molar-refractivity contribution in [2.24, 2.45) is 5.92 Å². The molecule has 0 radical (unpaired) electrons. The topological polar surface area (TPSA) is 148 Å². The molecule has 0 heterocycles. The van der Waals surface area contributed by atoms with Crippen LogP contribution in [-0.2, 0) is 9.59 Å². The highest BCUT2D eigenvalue weighted by Crippen LogP contribution is 2.16. The number of ether oxygens (including phenoxy) is 1. The van der Waals surface area contributed by atoms with E-state index in [1.807, 2.05) is 13.8 Å². The molecule has 174 valence electrons. The van der Waals surface area contributed by atoms with Crippen molar-refractivity contribution in [2.75, 3.05) is 7.11 Å². The number of rotatable bonds is 10. The molecule has 0 aliphatic carbocycles. The minimum absolute atomic E-state index is 0.00222. The molecule has 2 rings (SSSR count). The van der Waals surface area contributed by atoms with Gasteiger partial charge in [0.2, 0.25) is 0 Å². The summed E-state index contributed by atoms with van der Waals surface area (Å²) in [6, 6.07) is 10.4. The number of carboxylic acids is 1. The van der Waals surface area contributed by atoms with Crippen molar-refractivity contribution in [2.45, 2.75) is 26.3 Å². The lowest BCUT2D eigenvalue weighted by atomic mass is 10.0. The first kappa shape index (κ1) is 25.1. The zero-order valence-electron chi connectivity index (χ0n) is 18.4. The van der Waals surface area contributed by atoms with Crippen LogP contribution in [0, 0.1) is 16.0 Å². The lowest BCUT2D eigenvalue weighted by Gasteiger charge is -2.18. The Morgan fingerprint density at radius 2 is 1.70 bits per heavy atom. The van der Waals surface area contributed by atoms with Gasteiger partial charge in [0, 0.05) is 17.7 Å². The van der Waals surface area contributed by atoms with E-state index in [2.05, 4.69) is 10.6 Å². The summed E-state index contributed by atoms with van der Waals surface area (Å²) in [5.41, 5.74) is 0.301. The van der Waals surface area contributed by atoms with Crippen LogP contribution in [0.5, 0.6) is 5.75 Å². The van der Waals surface area contributed by atoms with Gasteiger partial charge in [0.15, 0.2) is 0 Å². The molecule has 2 aromatic rings. The largest absolute Gasteiger partial charge is 0.497 e. The number of carboxylic acid groups (broad SMARTS) is 1. The number of nitrogens with one attached hydrogen (secondary N) is 2. The number of nitrogens with zero attached hydrogens (tertiary/aromatic N) is 1. The van der Waals surface area contributed by atoms with Crippen LogP contribution in [0.1, 0.15) is 36.2 Å². The molecule has 33 heavy (non-hydrogen) atoms. The number of benzene rings is 2. The molecule has 0 aromatic heterocycles. The van der Waals surface area contributed by atoms with Crippen molar-refractivity contribution < 1.29 is 29.2 Å². The highest BCUT2D eigenvalue weighted by Gasteiger charge is 2.24. The Labute approximate surface area is 190 Å². The monoisotopic (exact) mass is 455 g/mol. The minimum Gasteiger partial charge on any atom is -0.497 e. The third kappa shape index (κ3) is 7.46. The molecular weight excluding hydrogens is 430 g/mol. The molecule has 10 nitrogen and oxygen atoms in total. The number of hydrogen-bond acceptors (Lipinski definition) is 6. The van der Waals surface area contributed by atoms with Gasteiger partial charge in [-0.05, 0) is 60.4 Å². The second kappa shape index (κ2) is 11.4. The minimum atomic E-state index is -1.20. The SMILES string of the molecule is COc1ccc(C(=O)N/C(=C\c2ccc([N+](=O)[O-])cc2)C(=O)N[C@H](CC(C)C)C(=O)O)cc1. The van der Waals surface area contributed by atoms with Crippen LogP contribution < -0.4 is 15.4 Å². The van der Waals surface area contributed by atoms with Crippen LogP contribution in [0.2, 0.25) is 0 Å². The van der Waals surface area contributed by atoms with Gasteiger partial charge in [0.1, 0.15) is 17.5 Å². The normalized spacial score (nSPS) is 12.1. The highest BCUT2D eigenvalue weighted by atomic mass is 16.6. The van der Waals surface area contributed by atoms with E-state index in [1.54, 1.807) is 12.1 Å². The van der Waals surface area contributed by atoms with Crippen molar-refractivity contribution in [3.8, 4) is 5.75 Å². The molecule has 0 saturated carbocycles. The summed E-state index contributed by atoms with van der Waals surface area (Å²) in [4.78, 5) is 47.5. The molecule has 0 fully saturated rings. The van der Waals surface area contributed by atoms with Crippen molar-refractivity contribution in [3.05, 3.63) is 75.5 Å². The number of hydrogen-bond donors (Lipinski definition) is 3. The standard InChI is InChI=1S/C23H25N3O7/c1-14(2)12-20(23(29)30)25-22(28)19(13-15-4-8-17(9-5-15)26(31)32)24-21(27)16-6-10-18(33-3)11-7-16/h4-11,13-14,20H,12H2,1-3H3,(H,24,27)(H,25,28)(H,29,30)/b19-13-/t20-/m1/s1. The predicted octanol–water partition coefficient (Wildman–Crippen LogP) is 2.99. The van der Waals surface area contributed by atoms with Gasteiger partial charge in [-0.25, -0.2) is 4.79 Å². The summed E-state index contributed by atoms with van der Waals surface area (Å²) >= 11 is 0. The summed E-state index contributed by atoms with van der Waals surface area (Å²) in [6.07, 6.45) is 1.51. The van der Waals surface area contributed by atoms with E-state index in [1.165, 1.54) is 49.6 Å². The number of carbonyl (C=O) groups excluding carboxylic acids is 2.